The maximum absolute atomic E-state index is 14.6. The van der Waals surface area contributed by atoms with Gasteiger partial charge in [-0.25, -0.2) is 28.3 Å². The molecule has 0 fully saturated rings. The molecule has 1 aromatic heterocycles. The van der Waals surface area contributed by atoms with E-state index in [0.717, 1.165) is 29.0 Å². The Morgan fingerprint density at radius 1 is 1.21 bits per heavy atom. The van der Waals surface area contributed by atoms with Crippen molar-refractivity contribution in [1.82, 2.24) is 15.3 Å². The molecule has 0 aliphatic carbocycles. The molecule has 0 bridgehead atoms. The first kappa shape index (κ1) is 22.1. The number of para-hydroxylation sites is 1. The van der Waals surface area contributed by atoms with Crippen molar-refractivity contribution in [2.75, 3.05) is 16.8 Å². The normalized spacial score (nSPS) is 12.8. The molecule has 2 amide bonds. The Morgan fingerprint density at radius 2 is 1.94 bits per heavy atom. The SMILES string of the molecule is CCCNc1nc(-c2cc(C(=O)O)ccc2C)c2c(n1)N(c1c(F)cccc1F)C(=O)NC2. The number of nitrogens with one attached hydrogen (secondary N) is 2. The molecule has 3 N–H and O–H groups in total. The second-order valence-corrected chi connectivity index (χ2v) is 7.52. The van der Waals surface area contributed by atoms with Gasteiger partial charge in [-0.2, -0.15) is 4.98 Å². The lowest BCUT2D eigenvalue weighted by molar-refractivity contribution is 0.0697. The number of anilines is 3. The van der Waals surface area contributed by atoms with Gasteiger partial charge < -0.3 is 15.7 Å². The number of rotatable bonds is 6. The number of carboxylic acids is 1. The quantitative estimate of drug-likeness (QED) is 0.503. The second kappa shape index (κ2) is 8.81. The molecule has 0 saturated carbocycles. The van der Waals surface area contributed by atoms with Gasteiger partial charge in [0.05, 0.1) is 17.8 Å². The van der Waals surface area contributed by atoms with Crippen molar-refractivity contribution >= 4 is 29.5 Å². The standard InChI is InChI=1S/C23H21F2N5O3/c1-3-9-26-22-28-18(14-10-13(21(31)32)8-7-12(14)2)15-11-27-23(33)30(20(15)29-22)19-16(24)5-4-6-17(19)25/h4-8,10H,3,9,11H2,1-2H3,(H,27,33)(H,31,32)(H,26,28,29). The molecule has 10 heteroatoms. The van der Waals surface area contributed by atoms with Crippen LogP contribution < -0.4 is 15.5 Å². The van der Waals surface area contributed by atoms with Crippen LogP contribution in [0.5, 0.6) is 0 Å². The molecular weight excluding hydrogens is 432 g/mol. The van der Waals surface area contributed by atoms with E-state index in [1.54, 1.807) is 13.0 Å². The van der Waals surface area contributed by atoms with Gasteiger partial charge in [0.25, 0.3) is 0 Å². The topological polar surface area (TPSA) is 107 Å². The molecule has 3 aromatic rings. The van der Waals surface area contributed by atoms with E-state index in [0.29, 0.717) is 23.4 Å². The summed E-state index contributed by atoms with van der Waals surface area (Å²) in [6, 6.07) is 7.19. The van der Waals surface area contributed by atoms with E-state index < -0.39 is 29.3 Å². The average molecular weight is 453 g/mol. The summed E-state index contributed by atoms with van der Waals surface area (Å²) in [4.78, 5) is 34.2. The fraction of sp³-hybridized carbons (Fsp3) is 0.217. The number of hydrogen-bond donors (Lipinski definition) is 3. The van der Waals surface area contributed by atoms with Gasteiger partial charge >= 0.3 is 12.0 Å². The number of nitrogens with zero attached hydrogens (tertiary/aromatic N) is 3. The molecule has 0 atom stereocenters. The fourth-order valence-corrected chi connectivity index (χ4v) is 3.62. The predicted octanol–water partition coefficient (Wildman–Crippen LogP) is 4.61. The van der Waals surface area contributed by atoms with Crippen LogP contribution in [-0.4, -0.2) is 33.6 Å². The summed E-state index contributed by atoms with van der Waals surface area (Å²) >= 11 is 0. The Labute approximate surface area is 188 Å². The average Bonchev–Trinajstić information content (AvgIpc) is 2.78. The number of amides is 2. The van der Waals surface area contributed by atoms with Crippen molar-refractivity contribution in [2.24, 2.45) is 0 Å². The maximum atomic E-state index is 14.6. The van der Waals surface area contributed by atoms with Crippen LogP contribution in [0, 0.1) is 18.6 Å². The monoisotopic (exact) mass is 453 g/mol. The maximum Gasteiger partial charge on any atom is 0.335 e. The number of urea groups is 1. The molecular formula is C23H21F2N5O3. The molecule has 33 heavy (non-hydrogen) atoms. The summed E-state index contributed by atoms with van der Waals surface area (Å²) in [5, 5.41) is 15.1. The molecule has 0 unspecified atom stereocenters. The molecule has 0 saturated heterocycles. The van der Waals surface area contributed by atoms with Crippen LogP contribution in [0.2, 0.25) is 0 Å². The van der Waals surface area contributed by atoms with Gasteiger partial charge in [-0.15, -0.1) is 0 Å². The van der Waals surface area contributed by atoms with Gasteiger partial charge in [0.2, 0.25) is 5.95 Å². The van der Waals surface area contributed by atoms with Crippen molar-refractivity contribution in [1.29, 1.82) is 0 Å². The molecule has 8 nitrogen and oxygen atoms in total. The van der Waals surface area contributed by atoms with Crippen molar-refractivity contribution in [2.45, 2.75) is 26.8 Å². The molecule has 1 aliphatic heterocycles. The van der Waals surface area contributed by atoms with Crippen molar-refractivity contribution < 1.29 is 23.5 Å². The Balaban J connectivity index is 2.00. The van der Waals surface area contributed by atoms with E-state index in [1.165, 1.54) is 18.2 Å². The van der Waals surface area contributed by atoms with Crippen molar-refractivity contribution in [3.8, 4) is 11.3 Å². The summed E-state index contributed by atoms with van der Waals surface area (Å²) in [6.07, 6.45) is 0.759. The smallest absolute Gasteiger partial charge is 0.335 e. The van der Waals surface area contributed by atoms with Gasteiger partial charge in [0, 0.05) is 17.7 Å². The van der Waals surface area contributed by atoms with E-state index in [1.807, 2.05) is 6.92 Å². The number of aryl methyl sites for hydroxylation is 1. The van der Waals surface area contributed by atoms with Gasteiger partial charge in [-0.05, 0) is 43.2 Å². The first-order valence-corrected chi connectivity index (χ1v) is 10.3. The second-order valence-electron chi connectivity index (χ2n) is 7.52. The number of fused-ring (bicyclic) bond motifs is 1. The highest BCUT2D eigenvalue weighted by molar-refractivity contribution is 6.02. The minimum absolute atomic E-state index is 0.000862. The van der Waals surface area contributed by atoms with Crippen molar-refractivity contribution in [3.05, 3.63) is 64.7 Å². The highest BCUT2D eigenvalue weighted by Gasteiger charge is 2.34. The summed E-state index contributed by atoms with van der Waals surface area (Å²) < 4.78 is 29.3. The molecule has 2 heterocycles. The van der Waals surface area contributed by atoms with Crippen LogP contribution in [0.1, 0.15) is 34.8 Å². The number of carbonyl (C=O) groups excluding carboxylic acids is 1. The lowest BCUT2D eigenvalue weighted by atomic mass is 9.98. The highest BCUT2D eigenvalue weighted by atomic mass is 19.1. The van der Waals surface area contributed by atoms with E-state index in [9.17, 15) is 23.5 Å². The van der Waals surface area contributed by atoms with Gasteiger partial charge in [-0.3, -0.25) is 0 Å². The number of halogens is 2. The number of carboxylic acid groups (broad SMARTS) is 1. The van der Waals surface area contributed by atoms with E-state index >= 15 is 0 Å². The molecule has 170 valence electrons. The number of aromatic nitrogens is 2. The molecule has 4 rings (SSSR count). The first-order valence-electron chi connectivity index (χ1n) is 10.3. The summed E-state index contributed by atoms with van der Waals surface area (Å²) in [7, 11) is 0. The zero-order valence-electron chi connectivity index (χ0n) is 17.9. The minimum Gasteiger partial charge on any atom is -0.478 e. The summed E-state index contributed by atoms with van der Waals surface area (Å²) in [6.45, 7) is 4.26. The number of aromatic carboxylic acids is 1. The molecule has 0 radical (unpaired) electrons. The Morgan fingerprint density at radius 3 is 2.61 bits per heavy atom. The lowest BCUT2D eigenvalue weighted by Crippen LogP contribution is -2.43. The Bertz CT molecular complexity index is 1240. The van der Waals surface area contributed by atoms with Crippen LogP contribution in [-0.2, 0) is 6.54 Å². The van der Waals surface area contributed by atoms with Crippen LogP contribution in [0.4, 0.5) is 31.0 Å². The number of hydrogen-bond acceptors (Lipinski definition) is 5. The van der Waals surface area contributed by atoms with Crippen LogP contribution in [0.25, 0.3) is 11.3 Å². The molecule has 2 aromatic carbocycles. The van der Waals surface area contributed by atoms with E-state index in [2.05, 4.69) is 20.6 Å². The third-order valence-electron chi connectivity index (χ3n) is 5.25. The Kier molecular flexibility index (Phi) is 5.91. The predicted molar refractivity (Wildman–Crippen MR) is 119 cm³/mol. The van der Waals surface area contributed by atoms with Gasteiger partial charge in [-0.1, -0.05) is 19.1 Å². The minimum atomic E-state index is -1.10. The number of benzene rings is 2. The van der Waals surface area contributed by atoms with E-state index in [4.69, 9.17) is 0 Å². The zero-order valence-corrected chi connectivity index (χ0v) is 17.9. The highest BCUT2D eigenvalue weighted by Crippen LogP contribution is 2.39. The molecule has 1 aliphatic rings. The largest absolute Gasteiger partial charge is 0.478 e. The lowest BCUT2D eigenvalue weighted by Gasteiger charge is -2.31. The first-order chi connectivity index (χ1) is 15.8. The van der Waals surface area contributed by atoms with Crippen molar-refractivity contribution in [3.63, 3.8) is 0 Å². The van der Waals surface area contributed by atoms with Crippen LogP contribution >= 0.6 is 0 Å². The van der Waals surface area contributed by atoms with Gasteiger partial charge in [0.15, 0.2) is 5.82 Å². The fourth-order valence-electron chi connectivity index (χ4n) is 3.62. The Hall–Kier alpha value is -4.08. The zero-order chi connectivity index (χ0) is 23.7. The van der Waals surface area contributed by atoms with Crippen LogP contribution in [0.15, 0.2) is 36.4 Å². The number of carbonyl (C=O) groups is 2. The van der Waals surface area contributed by atoms with Gasteiger partial charge in [0.1, 0.15) is 17.3 Å². The summed E-state index contributed by atoms with van der Waals surface area (Å²) in [5.41, 5.74) is 1.52. The molecule has 0 spiro atoms. The van der Waals surface area contributed by atoms with E-state index in [-0.39, 0.29) is 23.9 Å². The third kappa shape index (κ3) is 4.07. The third-order valence-corrected chi connectivity index (χ3v) is 5.25. The summed E-state index contributed by atoms with van der Waals surface area (Å²) in [5.74, 6) is -2.78. The van der Waals surface area contributed by atoms with Crippen LogP contribution in [0.3, 0.4) is 0 Å².